The average molecular weight is 181 g/mol. The molecule has 0 saturated carbocycles. The Kier molecular flexibility index (Phi) is 6.74. The second-order valence-electron chi connectivity index (χ2n) is 3.63. The Morgan fingerprint density at radius 2 is 1.69 bits per heavy atom. The van der Waals surface area contributed by atoms with Gasteiger partial charge in [0.25, 0.3) is 0 Å². The van der Waals surface area contributed by atoms with Crippen molar-refractivity contribution in [3.05, 3.63) is 0 Å². The lowest BCUT2D eigenvalue weighted by molar-refractivity contribution is -0.110. The van der Waals surface area contributed by atoms with Crippen LogP contribution in [-0.4, -0.2) is 19.7 Å². The number of nitrogens with one attached hydrogen (secondary N) is 1. The molecule has 2 nitrogen and oxygen atoms in total. The molecule has 0 saturated heterocycles. The lowest BCUT2D eigenvalue weighted by Gasteiger charge is -2.29. The van der Waals surface area contributed by atoms with Crippen molar-refractivity contribution >= 4 is 14.3 Å². The summed E-state index contributed by atoms with van der Waals surface area (Å²) in [6.07, 6.45) is 6.84. The van der Waals surface area contributed by atoms with Crippen LogP contribution in [0.2, 0.25) is 0 Å². The summed E-state index contributed by atoms with van der Waals surface area (Å²) in [4.78, 5) is 10.4. The molecule has 3 heteroatoms. The van der Waals surface area contributed by atoms with E-state index in [1.165, 1.54) is 0 Å². The highest BCUT2D eigenvalue weighted by Gasteiger charge is 2.20. The van der Waals surface area contributed by atoms with Gasteiger partial charge in [-0.15, -0.1) is 0 Å². The van der Waals surface area contributed by atoms with E-state index in [1.54, 1.807) is 0 Å². The van der Waals surface area contributed by atoms with Gasteiger partial charge >= 0.3 is 0 Å². The summed E-state index contributed by atoms with van der Waals surface area (Å²) < 4.78 is 0. The summed E-state index contributed by atoms with van der Waals surface area (Å²) in [6.45, 7) is 4.25. The van der Waals surface area contributed by atoms with Crippen LogP contribution in [0.3, 0.4) is 0 Å². The Morgan fingerprint density at radius 1 is 1.23 bits per heavy atom. The maximum atomic E-state index is 10.4. The van der Waals surface area contributed by atoms with Crippen LogP contribution < -0.4 is 5.32 Å². The number of carbonyl (C=O) groups is 1. The van der Waals surface area contributed by atoms with Crippen LogP contribution in [0, 0.1) is 0 Å². The fourth-order valence-corrected chi connectivity index (χ4v) is 1.37. The minimum atomic E-state index is -0.465. The number of carbonyl (C=O) groups excluding carboxylic acids is 1. The summed E-state index contributed by atoms with van der Waals surface area (Å²) in [5, 5.41) is 2.73. The largest absolute Gasteiger partial charge is 0.362 e. The molecule has 1 amide bonds. The molecule has 74 valence electrons. The third kappa shape index (κ3) is 5.72. The summed E-state index contributed by atoms with van der Waals surface area (Å²) in [5.41, 5.74) is -0.465. The first-order valence-corrected chi connectivity index (χ1v) is 5.18. The fraction of sp³-hybridized carbons (Fsp3) is 0.900. The highest BCUT2D eigenvalue weighted by Crippen LogP contribution is 2.17. The zero-order chi connectivity index (χ0) is 10.2. The zero-order valence-electron chi connectivity index (χ0n) is 8.81. The molecule has 0 atom stereocenters. The molecule has 0 aromatic carbocycles. The van der Waals surface area contributed by atoms with Gasteiger partial charge in [0.1, 0.15) is 7.85 Å². The van der Waals surface area contributed by atoms with Crippen LogP contribution in [-0.2, 0) is 4.79 Å². The van der Waals surface area contributed by atoms with Crippen molar-refractivity contribution in [3.8, 4) is 0 Å². The molecular formula is C10H20BNO. The van der Waals surface area contributed by atoms with Crippen LogP contribution in [0.15, 0.2) is 0 Å². The third-order valence-corrected chi connectivity index (χ3v) is 2.30. The summed E-state index contributed by atoms with van der Waals surface area (Å²) in [6, 6.07) is 0. The monoisotopic (exact) mass is 181 g/mol. The van der Waals surface area contributed by atoms with Gasteiger partial charge in [-0.25, -0.2) is 0 Å². The van der Waals surface area contributed by atoms with Gasteiger partial charge in [0, 0.05) is 0 Å². The number of amides is 1. The smallest absolute Gasteiger partial charge is 0.206 e. The molecule has 0 aliphatic heterocycles. The number of hydrogen-bond donors (Lipinski definition) is 1. The van der Waals surface area contributed by atoms with Crippen LogP contribution in [0.5, 0.6) is 0 Å². The van der Waals surface area contributed by atoms with Crippen LogP contribution in [0.1, 0.15) is 52.4 Å². The first-order chi connectivity index (χ1) is 6.18. The van der Waals surface area contributed by atoms with E-state index in [0.717, 1.165) is 38.5 Å². The SMILES string of the molecule is [B]C(CCCC)(CCCC)NC=O. The lowest BCUT2D eigenvalue weighted by Crippen LogP contribution is -2.45. The van der Waals surface area contributed by atoms with Crippen molar-refractivity contribution < 1.29 is 4.79 Å². The highest BCUT2D eigenvalue weighted by atomic mass is 16.1. The molecule has 0 aromatic rings. The van der Waals surface area contributed by atoms with E-state index in [-0.39, 0.29) is 0 Å². The van der Waals surface area contributed by atoms with E-state index in [2.05, 4.69) is 19.2 Å². The van der Waals surface area contributed by atoms with E-state index in [0.29, 0.717) is 6.41 Å². The fourth-order valence-electron chi connectivity index (χ4n) is 1.37. The Hall–Kier alpha value is -0.465. The Labute approximate surface area is 82.9 Å². The van der Waals surface area contributed by atoms with Crippen molar-refractivity contribution in [2.75, 3.05) is 0 Å². The molecule has 0 spiro atoms. The van der Waals surface area contributed by atoms with Gasteiger partial charge in [0.2, 0.25) is 6.41 Å². The maximum absolute atomic E-state index is 10.4. The van der Waals surface area contributed by atoms with Gasteiger partial charge in [-0.2, -0.15) is 0 Å². The first kappa shape index (κ1) is 12.5. The zero-order valence-corrected chi connectivity index (χ0v) is 8.81. The lowest BCUT2D eigenvalue weighted by atomic mass is 9.70. The van der Waals surface area contributed by atoms with Crippen LogP contribution in [0.25, 0.3) is 0 Å². The predicted octanol–water partition coefficient (Wildman–Crippen LogP) is 1.98. The van der Waals surface area contributed by atoms with Gasteiger partial charge < -0.3 is 5.32 Å². The standard InChI is InChI=1S/C10H20BNO/c1-3-5-7-10(11,12-9-13)8-6-4-2/h9H,3-8H2,1-2H3,(H,12,13). The molecule has 2 radical (unpaired) electrons. The van der Waals surface area contributed by atoms with E-state index in [1.807, 2.05) is 0 Å². The number of hydrogen-bond acceptors (Lipinski definition) is 1. The first-order valence-electron chi connectivity index (χ1n) is 5.18. The molecule has 1 N–H and O–H groups in total. The van der Waals surface area contributed by atoms with Crippen LogP contribution in [0.4, 0.5) is 0 Å². The average Bonchev–Trinajstić information content (AvgIpc) is 2.12. The van der Waals surface area contributed by atoms with Crippen molar-refractivity contribution in [1.29, 1.82) is 0 Å². The van der Waals surface area contributed by atoms with E-state index in [9.17, 15) is 4.79 Å². The Balaban J connectivity index is 3.90. The van der Waals surface area contributed by atoms with Crippen molar-refractivity contribution in [2.24, 2.45) is 0 Å². The van der Waals surface area contributed by atoms with Gasteiger partial charge in [-0.05, 0) is 18.3 Å². The van der Waals surface area contributed by atoms with Gasteiger partial charge in [0.15, 0.2) is 0 Å². The predicted molar refractivity (Wildman–Crippen MR) is 56.7 cm³/mol. The molecule has 0 aromatic heterocycles. The Morgan fingerprint density at radius 3 is 2.00 bits per heavy atom. The molecule has 0 bridgehead atoms. The molecular weight excluding hydrogens is 161 g/mol. The number of rotatable bonds is 8. The normalized spacial score (nSPS) is 11.2. The van der Waals surface area contributed by atoms with Gasteiger partial charge in [0.05, 0.1) is 0 Å². The van der Waals surface area contributed by atoms with Crippen molar-refractivity contribution in [1.82, 2.24) is 5.32 Å². The van der Waals surface area contributed by atoms with Crippen molar-refractivity contribution in [3.63, 3.8) is 0 Å². The minimum Gasteiger partial charge on any atom is -0.362 e. The minimum absolute atomic E-state index is 0.465. The number of unbranched alkanes of at least 4 members (excludes halogenated alkanes) is 2. The van der Waals surface area contributed by atoms with Gasteiger partial charge in [-0.3, -0.25) is 4.79 Å². The van der Waals surface area contributed by atoms with E-state index >= 15 is 0 Å². The van der Waals surface area contributed by atoms with E-state index < -0.39 is 5.44 Å². The second kappa shape index (κ2) is 6.99. The molecule has 13 heavy (non-hydrogen) atoms. The van der Waals surface area contributed by atoms with E-state index in [4.69, 9.17) is 7.85 Å². The van der Waals surface area contributed by atoms with Crippen LogP contribution >= 0.6 is 0 Å². The molecule has 0 heterocycles. The summed E-state index contributed by atoms with van der Waals surface area (Å²) in [7, 11) is 6.04. The maximum Gasteiger partial charge on any atom is 0.206 e. The molecule has 0 rings (SSSR count). The summed E-state index contributed by atoms with van der Waals surface area (Å²) >= 11 is 0. The quantitative estimate of drug-likeness (QED) is 0.450. The molecule has 0 aliphatic carbocycles. The molecule has 0 unspecified atom stereocenters. The van der Waals surface area contributed by atoms with Crippen molar-refractivity contribution in [2.45, 2.75) is 57.8 Å². The topological polar surface area (TPSA) is 29.1 Å². The molecule has 0 aliphatic rings. The Bertz CT molecular complexity index is 131. The molecule has 0 fully saturated rings. The summed E-state index contributed by atoms with van der Waals surface area (Å²) in [5.74, 6) is 0. The second-order valence-corrected chi connectivity index (χ2v) is 3.63. The van der Waals surface area contributed by atoms with Gasteiger partial charge in [-0.1, -0.05) is 39.5 Å². The third-order valence-electron chi connectivity index (χ3n) is 2.30. The highest BCUT2D eigenvalue weighted by molar-refractivity contribution is 6.16.